The van der Waals surface area contributed by atoms with Crippen LogP contribution in [0.2, 0.25) is 0 Å². The highest BCUT2D eigenvalue weighted by molar-refractivity contribution is 8.00. The zero-order chi connectivity index (χ0) is 14.8. The van der Waals surface area contributed by atoms with Crippen LogP contribution in [0.1, 0.15) is 10.4 Å². The minimum atomic E-state index is -0.298. The second-order valence-corrected chi connectivity index (χ2v) is 6.09. The number of nitrogens with zero attached hydrogens (tertiary/aromatic N) is 2. The maximum Gasteiger partial charge on any atom is 0.173 e. The van der Waals surface area contributed by atoms with Crippen LogP contribution < -0.4 is 0 Å². The first-order chi connectivity index (χ1) is 10.1. The van der Waals surface area contributed by atoms with Gasteiger partial charge in [-0.1, -0.05) is 11.8 Å². The minimum Gasteiger partial charge on any atom is -0.504 e. The van der Waals surface area contributed by atoms with Crippen LogP contribution in [0.15, 0.2) is 41.0 Å². The Morgan fingerprint density at radius 1 is 1.19 bits per heavy atom. The van der Waals surface area contributed by atoms with Gasteiger partial charge < -0.3 is 10.2 Å². The van der Waals surface area contributed by atoms with Gasteiger partial charge in [-0.15, -0.1) is 11.3 Å². The summed E-state index contributed by atoms with van der Waals surface area (Å²) < 4.78 is 0. The third kappa shape index (κ3) is 2.84. The van der Waals surface area contributed by atoms with Gasteiger partial charge in [0.2, 0.25) is 0 Å². The summed E-state index contributed by atoms with van der Waals surface area (Å²) in [4.78, 5) is 21.3. The van der Waals surface area contributed by atoms with Gasteiger partial charge in [-0.2, -0.15) is 0 Å². The molecule has 2 N–H and O–H groups in total. The molecule has 0 radical (unpaired) electrons. The van der Waals surface area contributed by atoms with Crippen molar-refractivity contribution in [3.8, 4) is 11.5 Å². The molecule has 0 unspecified atom stereocenters. The molecule has 2 heterocycles. The van der Waals surface area contributed by atoms with E-state index in [0.717, 1.165) is 15.2 Å². The Kier molecular flexibility index (Phi) is 3.76. The molecule has 0 amide bonds. The number of phenolic OH excluding ortho intramolecular Hbond substituents is 2. The molecule has 0 fully saturated rings. The topological polar surface area (TPSA) is 83.3 Å². The number of fused-ring (bicyclic) bond motifs is 1. The monoisotopic (exact) mass is 318 g/mol. The molecule has 0 aliphatic rings. The van der Waals surface area contributed by atoms with Crippen LogP contribution in [0.25, 0.3) is 10.2 Å². The first-order valence-electron chi connectivity index (χ1n) is 6.01. The average Bonchev–Trinajstić information content (AvgIpc) is 2.96. The third-order valence-electron chi connectivity index (χ3n) is 2.86. The second-order valence-electron chi connectivity index (χ2n) is 4.23. The summed E-state index contributed by atoms with van der Waals surface area (Å²) in [5, 5.41) is 22.3. The van der Waals surface area contributed by atoms with Gasteiger partial charge in [0, 0.05) is 10.9 Å². The molecular formula is C14H10N2O3S2. The van der Waals surface area contributed by atoms with Crippen molar-refractivity contribution in [2.45, 2.75) is 5.03 Å². The van der Waals surface area contributed by atoms with E-state index in [1.165, 1.54) is 47.6 Å². The lowest BCUT2D eigenvalue weighted by atomic mass is 10.1. The zero-order valence-corrected chi connectivity index (χ0v) is 12.3. The molecule has 0 saturated carbocycles. The molecule has 0 spiro atoms. The van der Waals surface area contributed by atoms with Crippen molar-refractivity contribution in [2.75, 3.05) is 5.75 Å². The molecule has 2 aromatic heterocycles. The molecule has 7 heteroatoms. The van der Waals surface area contributed by atoms with Gasteiger partial charge in [0.1, 0.15) is 16.2 Å². The second kappa shape index (κ2) is 5.71. The average molecular weight is 318 g/mol. The molecule has 1 aromatic carbocycles. The number of hydrogen-bond donors (Lipinski definition) is 2. The summed E-state index contributed by atoms with van der Waals surface area (Å²) in [5.74, 6) is -0.480. The molecular weight excluding hydrogens is 308 g/mol. The van der Waals surface area contributed by atoms with Crippen LogP contribution in [0, 0.1) is 0 Å². The summed E-state index contributed by atoms with van der Waals surface area (Å²) >= 11 is 2.85. The molecule has 21 heavy (non-hydrogen) atoms. The standard InChI is InChI=1S/C14H10N2O3S2/c17-10-2-1-8(5-11(10)18)12(19)6-21-14-9-3-4-20-13(9)15-7-16-14/h1-5,7,17-18H,6H2. The highest BCUT2D eigenvalue weighted by Gasteiger charge is 2.12. The maximum atomic E-state index is 12.1. The van der Waals surface area contributed by atoms with Crippen molar-refractivity contribution in [3.63, 3.8) is 0 Å². The molecule has 3 aromatic rings. The fourth-order valence-electron chi connectivity index (χ4n) is 1.80. The van der Waals surface area contributed by atoms with E-state index >= 15 is 0 Å². The Bertz CT molecular complexity index is 817. The molecule has 106 valence electrons. The lowest BCUT2D eigenvalue weighted by Gasteiger charge is -2.03. The van der Waals surface area contributed by atoms with Crippen LogP contribution in [-0.2, 0) is 0 Å². The molecule has 3 rings (SSSR count). The van der Waals surface area contributed by atoms with Crippen molar-refractivity contribution < 1.29 is 15.0 Å². The van der Waals surface area contributed by atoms with E-state index in [9.17, 15) is 15.0 Å². The van der Waals surface area contributed by atoms with Gasteiger partial charge in [-0.3, -0.25) is 4.79 Å². The summed E-state index contributed by atoms with van der Waals surface area (Å²) in [6.07, 6.45) is 1.48. The number of benzene rings is 1. The van der Waals surface area contributed by atoms with Crippen molar-refractivity contribution in [1.29, 1.82) is 0 Å². The van der Waals surface area contributed by atoms with Crippen LogP contribution in [0.4, 0.5) is 0 Å². The van der Waals surface area contributed by atoms with Gasteiger partial charge in [0.25, 0.3) is 0 Å². The number of phenols is 2. The van der Waals surface area contributed by atoms with Crippen molar-refractivity contribution in [2.24, 2.45) is 0 Å². The SMILES string of the molecule is O=C(CSc1ncnc2sccc12)c1ccc(O)c(O)c1. The zero-order valence-electron chi connectivity index (χ0n) is 10.7. The number of hydrogen-bond acceptors (Lipinski definition) is 7. The number of Topliss-reactive ketones (excluding diaryl/α,β-unsaturated/α-hetero) is 1. The van der Waals surface area contributed by atoms with Crippen LogP contribution >= 0.6 is 23.1 Å². The molecule has 0 atom stereocenters. The molecule has 0 saturated heterocycles. The van der Waals surface area contributed by atoms with Gasteiger partial charge in [-0.25, -0.2) is 9.97 Å². The quantitative estimate of drug-likeness (QED) is 0.333. The van der Waals surface area contributed by atoms with Crippen molar-refractivity contribution in [3.05, 3.63) is 41.5 Å². The van der Waals surface area contributed by atoms with E-state index in [0.29, 0.717) is 5.56 Å². The fourth-order valence-corrected chi connectivity index (χ4v) is 3.47. The Labute approximate surface area is 128 Å². The van der Waals surface area contributed by atoms with Crippen molar-refractivity contribution >= 4 is 39.1 Å². The number of aromatic hydroxyl groups is 2. The van der Waals surface area contributed by atoms with Crippen LogP contribution in [0.3, 0.4) is 0 Å². The molecule has 0 aliphatic heterocycles. The van der Waals surface area contributed by atoms with E-state index in [2.05, 4.69) is 9.97 Å². The molecule has 0 bridgehead atoms. The van der Waals surface area contributed by atoms with Gasteiger partial charge in [0.05, 0.1) is 5.75 Å². The number of rotatable bonds is 4. The Morgan fingerprint density at radius 2 is 2.05 bits per heavy atom. The predicted molar refractivity (Wildman–Crippen MR) is 82.2 cm³/mol. The largest absolute Gasteiger partial charge is 0.504 e. The molecule has 0 aliphatic carbocycles. The van der Waals surface area contributed by atoms with E-state index in [-0.39, 0.29) is 23.0 Å². The predicted octanol–water partition coefficient (Wildman–Crippen LogP) is 3.08. The summed E-state index contributed by atoms with van der Waals surface area (Å²) in [6, 6.07) is 5.98. The summed E-state index contributed by atoms with van der Waals surface area (Å²) in [6.45, 7) is 0. The summed E-state index contributed by atoms with van der Waals surface area (Å²) in [7, 11) is 0. The van der Waals surface area contributed by atoms with Gasteiger partial charge in [0.15, 0.2) is 17.3 Å². The third-order valence-corrected chi connectivity index (χ3v) is 4.69. The van der Waals surface area contributed by atoms with Crippen LogP contribution in [0.5, 0.6) is 11.5 Å². The van der Waals surface area contributed by atoms with E-state index < -0.39 is 0 Å². The van der Waals surface area contributed by atoms with Gasteiger partial charge >= 0.3 is 0 Å². The highest BCUT2D eigenvalue weighted by atomic mass is 32.2. The number of thioether (sulfide) groups is 1. The fraction of sp³-hybridized carbons (Fsp3) is 0.0714. The van der Waals surface area contributed by atoms with E-state index in [1.54, 1.807) is 0 Å². The smallest absolute Gasteiger partial charge is 0.173 e. The lowest BCUT2D eigenvalue weighted by Crippen LogP contribution is -2.02. The number of carbonyl (C=O) groups is 1. The molecule has 5 nitrogen and oxygen atoms in total. The van der Waals surface area contributed by atoms with E-state index in [4.69, 9.17) is 0 Å². The minimum absolute atomic E-state index is 0.141. The normalized spacial score (nSPS) is 10.9. The van der Waals surface area contributed by atoms with Gasteiger partial charge in [-0.05, 0) is 29.6 Å². The van der Waals surface area contributed by atoms with Crippen LogP contribution in [-0.4, -0.2) is 31.7 Å². The van der Waals surface area contributed by atoms with Crippen molar-refractivity contribution in [1.82, 2.24) is 9.97 Å². The maximum absolute atomic E-state index is 12.1. The Balaban J connectivity index is 1.76. The number of aromatic nitrogens is 2. The number of thiophene rings is 1. The van der Waals surface area contributed by atoms with E-state index in [1.807, 2.05) is 11.4 Å². The Hall–Kier alpha value is -2.12. The first-order valence-corrected chi connectivity index (χ1v) is 7.88. The number of carbonyl (C=O) groups excluding carboxylic acids is 1. The highest BCUT2D eigenvalue weighted by Crippen LogP contribution is 2.29. The lowest BCUT2D eigenvalue weighted by molar-refractivity contribution is 0.102. The number of ketones is 1. The Morgan fingerprint density at radius 3 is 2.86 bits per heavy atom. The first kappa shape index (κ1) is 13.8. The summed E-state index contributed by atoms with van der Waals surface area (Å²) in [5.41, 5.74) is 0.355.